The van der Waals surface area contributed by atoms with Crippen LogP contribution in [0.4, 0.5) is 17.1 Å². The van der Waals surface area contributed by atoms with Gasteiger partial charge in [0.2, 0.25) is 0 Å². The number of benzene rings is 15. The Labute approximate surface area is 672 Å². The molecule has 0 N–H and O–H groups in total. The minimum Gasteiger partial charge on any atom is -0.496 e. The fraction of sp³-hybridized carbons (Fsp3) is 0.111. The molecule has 7 heteroatoms. The summed E-state index contributed by atoms with van der Waals surface area (Å²) in [6, 6.07) is 120. The summed E-state index contributed by atoms with van der Waals surface area (Å²) in [4.78, 5) is 2.41. The monoisotopic (exact) mass is 1490 g/mol. The van der Waals surface area contributed by atoms with E-state index in [1.807, 2.05) is 39.0 Å². The van der Waals surface area contributed by atoms with Gasteiger partial charge in [0.1, 0.15) is 54.3 Å². The van der Waals surface area contributed by atoms with Gasteiger partial charge in [-0.3, -0.25) is 0 Å². The van der Waals surface area contributed by atoms with Gasteiger partial charge in [-0.25, -0.2) is 0 Å². The summed E-state index contributed by atoms with van der Waals surface area (Å²) < 4.78 is 37.7. The van der Waals surface area contributed by atoms with Gasteiger partial charge < -0.3 is 33.3 Å². The predicted octanol–water partition coefficient (Wildman–Crippen LogP) is 24.3. The van der Waals surface area contributed by atoms with Crippen molar-refractivity contribution in [2.75, 3.05) is 46.0 Å². The largest absolute Gasteiger partial charge is 0.496 e. The lowest BCUT2D eigenvalue weighted by Crippen LogP contribution is -2.32. The zero-order valence-electron chi connectivity index (χ0n) is 64.9. The van der Waals surface area contributed by atoms with E-state index in [1.54, 1.807) is 21.3 Å². The lowest BCUT2D eigenvalue weighted by molar-refractivity contribution is 0.370. The smallest absolute Gasteiger partial charge is 0.149 e. The third kappa shape index (κ3) is 12.4. The van der Waals surface area contributed by atoms with Crippen molar-refractivity contribution in [3.63, 3.8) is 0 Å². The van der Waals surface area contributed by atoms with Crippen LogP contribution in [-0.2, 0) is 30.5 Å². The van der Waals surface area contributed by atoms with Crippen molar-refractivity contribution in [2.24, 2.45) is 0 Å². The standard InChI is InChI=1S/C108H81NO6/c1-7-10-61-113-91-58-40-73-64-85(43-37-76(73)67-91)106(97-31-19-13-25-79(97)70-103(110-4)94-28-16-22-34-100(94)106)82-46-52-88(53-47-82)109(89-54-48-83(49-55-89)107(86-44-38-77-68-92(114-62-11-8-2)59-41-74(77)65-86)98-32-20-14-26-80(98)71-104(111-5)95-29-17-23-35-101(95)107)90-56-50-84(51-57-90)108(87-45-39-78-69-93(115-63-12-9-3)60-42-75(78)66-87)99-33-21-15-27-81(99)72-105(112-6)96-30-18-24-36-102(96)108/h13-60,64-72H,61-63H2,1-6H3. The fourth-order valence-electron chi connectivity index (χ4n) is 18.2. The Morgan fingerprint density at radius 2 is 0.496 bits per heavy atom. The predicted molar refractivity (Wildman–Crippen MR) is 470 cm³/mol. The highest BCUT2D eigenvalue weighted by Gasteiger charge is 2.47. The topological polar surface area (TPSA) is 58.6 Å². The molecule has 0 aromatic heterocycles. The van der Waals surface area contributed by atoms with E-state index in [0.29, 0.717) is 19.8 Å². The number of methoxy groups -OCH3 is 3. The van der Waals surface area contributed by atoms with Crippen LogP contribution in [0.2, 0.25) is 0 Å². The average molecular weight is 1490 g/mol. The Hall–Kier alpha value is -14.4. The Bertz CT molecular complexity index is 5990. The van der Waals surface area contributed by atoms with Gasteiger partial charge in [-0.05, 0) is 246 Å². The van der Waals surface area contributed by atoms with Crippen molar-refractivity contribution >= 4 is 84.9 Å². The second kappa shape index (κ2) is 30.7. The maximum absolute atomic E-state index is 6.42. The number of fused-ring (bicyclic) bond motifs is 9. The van der Waals surface area contributed by atoms with E-state index in [9.17, 15) is 0 Å². The summed E-state index contributed by atoms with van der Waals surface area (Å²) in [7, 11) is 5.32. The third-order valence-corrected chi connectivity index (χ3v) is 23.3. The second-order valence-corrected chi connectivity index (χ2v) is 29.1. The molecule has 3 aliphatic carbocycles. The molecule has 15 aromatic rings. The van der Waals surface area contributed by atoms with Crippen molar-refractivity contribution in [3.05, 3.63) is 428 Å². The van der Waals surface area contributed by atoms with Crippen LogP contribution >= 0.6 is 0 Å². The van der Waals surface area contributed by atoms with Gasteiger partial charge in [0, 0.05) is 33.8 Å². The molecule has 15 aromatic carbocycles. The highest BCUT2D eigenvalue weighted by Crippen LogP contribution is 2.57. The summed E-state index contributed by atoms with van der Waals surface area (Å²) in [5, 5.41) is 6.43. The van der Waals surface area contributed by atoms with Gasteiger partial charge in [0.05, 0.1) is 37.6 Å². The molecule has 3 unspecified atom stereocenters. The molecule has 0 spiro atoms. The van der Waals surface area contributed by atoms with Crippen LogP contribution in [0.5, 0.6) is 17.2 Å². The van der Waals surface area contributed by atoms with Crippen LogP contribution in [0.3, 0.4) is 0 Å². The first kappa shape index (κ1) is 72.1. The van der Waals surface area contributed by atoms with E-state index in [1.165, 1.54) is 0 Å². The summed E-state index contributed by atoms with van der Waals surface area (Å²) >= 11 is 0. The van der Waals surface area contributed by atoms with E-state index < -0.39 is 16.2 Å². The number of hydrogen-bond donors (Lipinski definition) is 0. The van der Waals surface area contributed by atoms with Crippen LogP contribution in [-0.4, -0.2) is 41.2 Å². The maximum Gasteiger partial charge on any atom is 0.149 e. The molecule has 0 heterocycles. The zero-order chi connectivity index (χ0) is 78.0. The SMILES string of the molecule is CC#CCOc1ccc2cc(C3(c4ccc(N(c5ccc(C6(c7ccc8cc(OCC#CC)ccc8c7)c7ccccc7C=C(OC)c7ccccc76)cc5)c5ccc(C6(c7ccc8cc(OCC#CC)ccc8c7)c7ccccc7C=C(OC)c7ccccc76)cc5)cc4)c4ccccc4C=C(OC)c4ccccc43)ccc2c1. The number of anilines is 3. The average Bonchev–Trinajstić information content (AvgIpc) is 0.871. The second-order valence-electron chi connectivity index (χ2n) is 29.1. The molecule has 3 aliphatic rings. The van der Waals surface area contributed by atoms with Crippen molar-refractivity contribution in [1.82, 2.24) is 0 Å². The van der Waals surface area contributed by atoms with E-state index in [-0.39, 0.29) is 0 Å². The molecule has 554 valence electrons. The molecule has 0 saturated carbocycles. The van der Waals surface area contributed by atoms with Gasteiger partial charge in [0.15, 0.2) is 0 Å². The van der Waals surface area contributed by atoms with Crippen molar-refractivity contribution in [2.45, 2.75) is 37.0 Å². The van der Waals surface area contributed by atoms with Crippen molar-refractivity contribution < 1.29 is 28.4 Å². The highest BCUT2D eigenvalue weighted by molar-refractivity contribution is 5.94. The fourth-order valence-corrected chi connectivity index (χ4v) is 18.2. The Kier molecular flexibility index (Phi) is 19.3. The van der Waals surface area contributed by atoms with Gasteiger partial charge >= 0.3 is 0 Å². The highest BCUT2D eigenvalue weighted by atomic mass is 16.5. The molecule has 115 heavy (non-hydrogen) atoms. The Morgan fingerprint density at radius 3 is 0.774 bits per heavy atom. The molecule has 3 atom stereocenters. The van der Waals surface area contributed by atoms with Crippen molar-refractivity contribution in [1.29, 1.82) is 0 Å². The molecular formula is C108H81NO6. The van der Waals surface area contributed by atoms with Crippen LogP contribution < -0.4 is 19.1 Å². The van der Waals surface area contributed by atoms with Gasteiger partial charge in [0.25, 0.3) is 0 Å². The first-order valence-electron chi connectivity index (χ1n) is 38.9. The molecule has 7 nitrogen and oxygen atoms in total. The summed E-state index contributed by atoms with van der Waals surface area (Å²) in [5.74, 6) is 22.7. The number of rotatable bonds is 18. The zero-order valence-corrected chi connectivity index (χ0v) is 64.9. The molecule has 0 saturated heterocycles. The van der Waals surface area contributed by atoms with Crippen LogP contribution in [0.15, 0.2) is 328 Å². The summed E-state index contributed by atoms with van der Waals surface area (Å²) in [6.45, 7) is 6.43. The minimum absolute atomic E-state index is 0.314. The van der Waals surface area contributed by atoms with Crippen LogP contribution in [0, 0.1) is 35.5 Å². The molecule has 0 fully saturated rings. The number of nitrogens with zero attached hydrogens (tertiary/aromatic N) is 1. The van der Waals surface area contributed by atoms with E-state index in [2.05, 4.69) is 368 Å². The maximum atomic E-state index is 6.42. The minimum atomic E-state index is -0.879. The first-order chi connectivity index (χ1) is 56.7. The van der Waals surface area contributed by atoms with E-state index in [0.717, 1.165) is 184 Å². The summed E-state index contributed by atoms with van der Waals surface area (Å²) in [6.07, 6.45) is 6.59. The van der Waals surface area contributed by atoms with Crippen LogP contribution in [0.25, 0.3) is 67.8 Å². The molecule has 0 amide bonds. The molecule has 18 rings (SSSR count). The molecule has 0 aliphatic heterocycles. The van der Waals surface area contributed by atoms with Crippen molar-refractivity contribution in [3.8, 4) is 52.8 Å². The molecule has 0 bridgehead atoms. The number of hydrogen-bond acceptors (Lipinski definition) is 7. The Balaban J connectivity index is 0.861. The summed E-state index contributed by atoms with van der Waals surface area (Å²) in [5.41, 5.74) is 19.6. The van der Waals surface area contributed by atoms with E-state index >= 15 is 0 Å². The third-order valence-electron chi connectivity index (χ3n) is 23.3. The van der Waals surface area contributed by atoms with Gasteiger partial charge in [-0.15, -0.1) is 17.8 Å². The quantitative estimate of drug-likeness (QED) is 0.0794. The normalized spacial score (nSPS) is 16.1. The van der Waals surface area contributed by atoms with E-state index in [4.69, 9.17) is 28.4 Å². The Morgan fingerprint density at radius 1 is 0.252 bits per heavy atom. The molecule has 0 radical (unpaired) electrons. The molecular weight excluding hydrogens is 1410 g/mol. The lowest BCUT2D eigenvalue weighted by Gasteiger charge is -2.39. The first-order valence-corrected chi connectivity index (χ1v) is 38.9. The number of ether oxygens (including phenoxy) is 6. The van der Waals surface area contributed by atoms with Gasteiger partial charge in [-0.2, -0.15) is 0 Å². The lowest BCUT2D eigenvalue weighted by atomic mass is 9.63. The van der Waals surface area contributed by atoms with Gasteiger partial charge in [-0.1, -0.05) is 254 Å². The van der Waals surface area contributed by atoms with Crippen LogP contribution in [0.1, 0.15) is 121 Å².